The van der Waals surface area contributed by atoms with Crippen molar-refractivity contribution in [2.75, 3.05) is 13.1 Å². The first-order valence-electron chi connectivity index (χ1n) is 8.08. The molecular formula is C16H31N. The van der Waals surface area contributed by atoms with Gasteiger partial charge in [-0.15, -0.1) is 0 Å². The van der Waals surface area contributed by atoms with Crippen LogP contribution >= 0.6 is 0 Å². The molecule has 1 saturated carbocycles. The standard InChI is InChI=1S/C16H31N/c1-2-3-4-5-6-9-12-16(13-17-14-16)15-10-7-8-11-15/h15,17H,2-14H2,1H3. The van der Waals surface area contributed by atoms with Gasteiger partial charge < -0.3 is 5.32 Å². The molecule has 17 heavy (non-hydrogen) atoms. The van der Waals surface area contributed by atoms with E-state index in [2.05, 4.69) is 12.2 Å². The van der Waals surface area contributed by atoms with Crippen LogP contribution < -0.4 is 5.32 Å². The molecule has 0 spiro atoms. The normalized spacial score (nSPS) is 23.8. The van der Waals surface area contributed by atoms with Crippen LogP contribution in [-0.2, 0) is 0 Å². The Morgan fingerprint density at radius 1 is 0.941 bits per heavy atom. The van der Waals surface area contributed by atoms with Gasteiger partial charge in [0.05, 0.1) is 0 Å². The van der Waals surface area contributed by atoms with E-state index in [0.717, 1.165) is 11.3 Å². The molecule has 0 aromatic heterocycles. The maximum atomic E-state index is 3.54. The zero-order valence-corrected chi connectivity index (χ0v) is 11.8. The Hall–Kier alpha value is -0.0400. The van der Waals surface area contributed by atoms with Crippen LogP contribution in [0.25, 0.3) is 0 Å². The molecule has 1 heteroatoms. The smallest absolute Gasteiger partial charge is 0.00229 e. The molecule has 1 aliphatic carbocycles. The Balaban J connectivity index is 1.62. The lowest BCUT2D eigenvalue weighted by molar-refractivity contribution is 0.0665. The van der Waals surface area contributed by atoms with Crippen molar-refractivity contribution in [3.05, 3.63) is 0 Å². The fourth-order valence-electron chi connectivity index (χ4n) is 3.91. The van der Waals surface area contributed by atoms with Gasteiger partial charge in [0.1, 0.15) is 0 Å². The average molecular weight is 237 g/mol. The van der Waals surface area contributed by atoms with E-state index in [4.69, 9.17) is 0 Å². The zero-order chi connectivity index (χ0) is 12.0. The number of nitrogens with one attached hydrogen (secondary N) is 1. The summed E-state index contributed by atoms with van der Waals surface area (Å²) in [5.74, 6) is 1.07. The van der Waals surface area contributed by atoms with E-state index < -0.39 is 0 Å². The Bertz CT molecular complexity index is 202. The molecule has 1 aliphatic heterocycles. The summed E-state index contributed by atoms with van der Waals surface area (Å²) in [7, 11) is 0. The van der Waals surface area contributed by atoms with Crippen molar-refractivity contribution in [2.45, 2.75) is 77.6 Å². The van der Waals surface area contributed by atoms with Gasteiger partial charge in [0.25, 0.3) is 0 Å². The van der Waals surface area contributed by atoms with Crippen LogP contribution in [-0.4, -0.2) is 13.1 Å². The highest BCUT2D eigenvalue weighted by atomic mass is 15.0. The van der Waals surface area contributed by atoms with E-state index >= 15 is 0 Å². The minimum Gasteiger partial charge on any atom is -0.316 e. The highest BCUT2D eigenvalue weighted by molar-refractivity contribution is 4.98. The van der Waals surface area contributed by atoms with Crippen molar-refractivity contribution in [1.29, 1.82) is 0 Å². The quantitative estimate of drug-likeness (QED) is 0.612. The van der Waals surface area contributed by atoms with E-state index in [-0.39, 0.29) is 0 Å². The van der Waals surface area contributed by atoms with E-state index in [9.17, 15) is 0 Å². The van der Waals surface area contributed by atoms with Crippen molar-refractivity contribution >= 4 is 0 Å². The fraction of sp³-hybridized carbons (Fsp3) is 1.00. The maximum absolute atomic E-state index is 3.54. The van der Waals surface area contributed by atoms with Gasteiger partial charge in [-0.05, 0) is 30.6 Å². The molecule has 0 atom stereocenters. The lowest BCUT2D eigenvalue weighted by atomic mass is 9.66. The van der Waals surface area contributed by atoms with Crippen molar-refractivity contribution in [3.63, 3.8) is 0 Å². The SMILES string of the molecule is CCCCCCCCC1(C2CCCC2)CNC1. The number of hydrogen-bond donors (Lipinski definition) is 1. The molecule has 2 rings (SSSR count). The van der Waals surface area contributed by atoms with Crippen molar-refractivity contribution < 1.29 is 0 Å². The first kappa shape index (κ1) is 13.4. The topological polar surface area (TPSA) is 12.0 Å². The minimum absolute atomic E-state index is 0.737. The maximum Gasteiger partial charge on any atom is 0.00229 e. The molecule has 0 bridgehead atoms. The van der Waals surface area contributed by atoms with Crippen molar-refractivity contribution in [1.82, 2.24) is 5.32 Å². The molecule has 0 aromatic carbocycles. The molecule has 1 nitrogen and oxygen atoms in total. The number of hydrogen-bond acceptors (Lipinski definition) is 1. The van der Waals surface area contributed by atoms with Gasteiger partial charge in [0.15, 0.2) is 0 Å². The lowest BCUT2D eigenvalue weighted by Gasteiger charge is -2.48. The van der Waals surface area contributed by atoms with Gasteiger partial charge in [-0.1, -0.05) is 58.3 Å². The number of unbranched alkanes of at least 4 members (excludes halogenated alkanes) is 5. The first-order valence-corrected chi connectivity index (χ1v) is 8.08. The zero-order valence-electron chi connectivity index (χ0n) is 11.8. The van der Waals surface area contributed by atoms with Gasteiger partial charge in [-0.3, -0.25) is 0 Å². The molecule has 0 amide bonds. The van der Waals surface area contributed by atoms with E-state index in [1.165, 1.54) is 83.7 Å². The van der Waals surface area contributed by atoms with Gasteiger partial charge in [0, 0.05) is 13.1 Å². The third kappa shape index (κ3) is 3.47. The molecule has 1 heterocycles. The minimum atomic E-state index is 0.737. The summed E-state index contributed by atoms with van der Waals surface area (Å²) in [4.78, 5) is 0. The van der Waals surface area contributed by atoms with Crippen LogP contribution in [0.1, 0.15) is 77.6 Å². The van der Waals surface area contributed by atoms with Crippen LogP contribution in [0, 0.1) is 11.3 Å². The summed E-state index contributed by atoms with van der Waals surface area (Å²) in [5.41, 5.74) is 0.737. The van der Waals surface area contributed by atoms with Crippen LogP contribution in [0.15, 0.2) is 0 Å². The summed E-state index contributed by atoms with van der Waals surface area (Å²) in [6, 6.07) is 0. The largest absolute Gasteiger partial charge is 0.316 e. The first-order chi connectivity index (χ1) is 8.37. The van der Waals surface area contributed by atoms with Crippen molar-refractivity contribution in [3.8, 4) is 0 Å². The molecule has 100 valence electrons. The third-order valence-corrected chi connectivity index (χ3v) is 5.20. The Morgan fingerprint density at radius 2 is 1.59 bits per heavy atom. The monoisotopic (exact) mass is 237 g/mol. The van der Waals surface area contributed by atoms with Gasteiger partial charge in [-0.25, -0.2) is 0 Å². The summed E-state index contributed by atoms with van der Waals surface area (Å²) >= 11 is 0. The number of rotatable bonds is 8. The summed E-state index contributed by atoms with van der Waals surface area (Å²) in [5, 5.41) is 3.54. The molecule has 0 radical (unpaired) electrons. The highest BCUT2D eigenvalue weighted by Crippen LogP contribution is 2.45. The van der Waals surface area contributed by atoms with Gasteiger partial charge in [-0.2, -0.15) is 0 Å². The molecule has 2 aliphatic rings. The Labute approximate surface area is 108 Å². The summed E-state index contributed by atoms with van der Waals surface area (Å²) < 4.78 is 0. The van der Waals surface area contributed by atoms with Crippen LogP contribution in [0.2, 0.25) is 0 Å². The van der Waals surface area contributed by atoms with Gasteiger partial charge >= 0.3 is 0 Å². The fourth-order valence-corrected chi connectivity index (χ4v) is 3.91. The van der Waals surface area contributed by atoms with E-state index in [1.807, 2.05) is 0 Å². The highest BCUT2D eigenvalue weighted by Gasteiger charge is 2.43. The molecule has 0 unspecified atom stereocenters. The molecule has 0 aromatic rings. The predicted molar refractivity (Wildman–Crippen MR) is 75.3 cm³/mol. The Morgan fingerprint density at radius 3 is 2.18 bits per heavy atom. The Kier molecular flexibility index (Phi) is 5.34. The van der Waals surface area contributed by atoms with Gasteiger partial charge in [0.2, 0.25) is 0 Å². The van der Waals surface area contributed by atoms with E-state index in [0.29, 0.717) is 0 Å². The van der Waals surface area contributed by atoms with E-state index in [1.54, 1.807) is 0 Å². The molecule has 2 fully saturated rings. The van der Waals surface area contributed by atoms with Crippen LogP contribution in [0.4, 0.5) is 0 Å². The van der Waals surface area contributed by atoms with Crippen LogP contribution in [0.5, 0.6) is 0 Å². The van der Waals surface area contributed by atoms with Crippen molar-refractivity contribution in [2.24, 2.45) is 11.3 Å². The second kappa shape index (κ2) is 6.78. The summed E-state index contributed by atoms with van der Waals surface area (Å²) in [6.45, 7) is 4.95. The molecular weight excluding hydrogens is 206 g/mol. The van der Waals surface area contributed by atoms with Crippen LogP contribution in [0.3, 0.4) is 0 Å². The predicted octanol–water partition coefficient (Wildman–Crippen LogP) is 4.52. The molecule has 1 N–H and O–H groups in total. The second-order valence-electron chi connectivity index (χ2n) is 6.47. The second-order valence-corrected chi connectivity index (χ2v) is 6.47. The summed E-state index contributed by atoms with van der Waals surface area (Å²) in [6.07, 6.45) is 16.3. The third-order valence-electron chi connectivity index (χ3n) is 5.20. The average Bonchev–Trinajstić information content (AvgIpc) is 2.80. The molecule has 1 saturated heterocycles. The lowest BCUT2D eigenvalue weighted by Crippen LogP contribution is -2.57.